The Balaban J connectivity index is 1.80. The predicted octanol–water partition coefficient (Wildman–Crippen LogP) is 5.76. The van der Waals surface area contributed by atoms with E-state index in [1.54, 1.807) is 40.0 Å². The van der Waals surface area contributed by atoms with Crippen LogP contribution >= 0.6 is 0 Å². The van der Waals surface area contributed by atoms with Crippen LogP contribution in [-0.4, -0.2) is 30.0 Å². The van der Waals surface area contributed by atoms with Gasteiger partial charge in [0.25, 0.3) is 11.8 Å². The summed E-state index contributed by atoms with van der Waals surface area (Å²) in [5, 5.41) is 3.75. The zero-order chi connectivity index (χ0) is 25.9. The number of hydrogen-bond acceptors (Lipinski definition) is 5. The maximum absolute atomic E-state index is 15.2. The minimum Gasteiger partial charge on any atom is -0.364 e. The molecule has 0 saturated carbocycles. The molecule has 2 heterocycles. The molecule has 0 spiro atoms. The van der Waals surface area contributed by atoms with Crippen LogP contribution in [0.4, 0.5) is 24.7 Å². The second-order valence-electron chi connectivity index (χ2n) is 9.04. The highest BCUT2D eigenvalue weighted by Crippen LogP contribution is 2.44. The Morgan fingerprint density at radius 1 is 1.29 bits per heavy atom. The molecule has 184 valence electrons. The Hall–Kier alpha value is -3.46. The van der Waals surface area contributed by atoms with Crippen molar-refractivity contribution in [1.29, 1.82) is 0 Å². The van der Waals surface area contributed by atoms with Crippen LogP contribution in [0.1, 0.15) is 49.3 Å². The van der Waals surface area contributed by atoms with Crippen LogP contribution < -0.4 is 10.2 Å². The first-order chi connectivity index (χ1) is 16.3. The molecule has 9 heteroatoms. The smallest absolute Gasteiger partial charge is 0.296 e. The second kappa shape index (κ2) is 8.34. The van der Waals surface area contributed by atoms with E-state index in [4.69, 9.17) is 4.74 Å². The minimum atomic E-state index is -3.50. The van der Waals surface area contributed by atoms with Gasteiger partial charge in [0.05, 0.1) is 22.8 Å². The molecule has 0 fully saturated rings. The van der Waals surface area contributed by atoms with E-state index in [9.17, 15) is 13.6 Å². The van der Waals surface area contributed by atoms with Gasteiger partial charge in [0.2, 0.25) is 0 Å². The number of fused-ring (bicyclic) bond motifs is 2. The van der Waals surface area contributed by atoms with Crippen molar-refractivity contribution in [3.05, 3.63) is 70.8 Å². The summed E-state index contributed by atoms with van der Waals surface area (Å²) in [5.74, 6) is -3.87. The average molecular weight is 485 g/mol. The van der Waals surface area contributed by atoms with E-state index in [0.29, 0.717) is 33.8 Å². The first kappa shape index (κ1) is 24.7. The zero-order valence-corrected chi connectivity index (χ0v) is 20.5. The number of benzene rings is 2. The third-order valence-corrected chi connectivity index (χ3v) is 6.64. The Bertz CT molecular complexity index is 1370. The van der Waals surface area contributed by atoms with E-state index in [-0.39, 0.29) is 11.5 Å². The van der Waals surface area contributed by atoms with Crippen molar-refractivity contribution in [2.24, 2.45) is 0 Å². The van der Waals surface area contributed by atoms with Gasteiger partial charge >= 0.3 is 0 Å². The third-order valence-electron chi connectivity index (χ3n) is 6.64. The number of alkyl halides is 2. The molecule has 1 amide bonds. The summed E-state index contributed by atoms with van der Waals surface area (Å²) in [4.78, 5) is 23.3. The second-order valence-corrected chi connectivity index (χ2v) is 9.04. The number of halogens is 3. The van der Waals surface area contributed by atoms with Crippen molar-refractivity contribution >= 4 is 28.3 Å². The van der Waals surface area contributed by atoms with Crippen LogP contribution in [0.3, 0.4) is 0 Å². The molecule has 1 N–H and O–H groups in total. The highest BCUT2D eigenvalue weighted by molar-refractivity contribution is 6.09. The lowest BCUT2D eigenvalue weighted by Crippen LogP contribution is -2.37. The molecule has 1 aromatic heterocycles. The van der Waals surface area contributed by atoms with E-state index in [1.807, 2.05) is 0 Å². The van der Waals surface area contributed by atoms with Gasteiger partial charge in [0.15, 0.2) is 5.60 Å². The van der Waals surface area contributed by atoms with Gasteiger partial charge in [-0.15, -0.1) is 0 Å². The summed E-state index contributed by atoms with van der Waals surface area (Å²) in [6, 6.07) is 6.77. The lowest BCUT2D eigenvalue weighted by atomic mass is 9.96. The standard InChI is InChI=1S/C26H27F3N4O2/c1-13(2)26(28,29)18-10-8-9-16(22(18)27)14(3)30-23-17-11-21-19(12-20(17)31-15(4)32-23)25(5,35-7)24(34)33(21)6/h8-12,14H,1H2,2-7H3,(H,30,31,32)/t14-,25-/m1/s1. The molecule has 35 heavy (non-hydrogen) atoms. The monoisotopic (exact) mass is 484 g/mol. The molecule has 2 atom stereocenters. The summed E-state index contributed by atoms with van der Waals surface area (Å²) in [7, 11) is 3.13. The Morgan fingerprint density at radius 3 is 2.60 bits per heavy atom. The lowest BCUT2D eigenvalue weighted by molar-refractivity contribution is -0.137. The first-order valence-corrected chi connectivity index (χ1v) is 11.1. The highest BCUT2D eigenvalue weighted by Gasteiger charge is 2.47. The fourth-order valence-electron chi connectivity index (χ4n) is 4.43. The maximum atomic E-state index is 15.2. The van der Waals surface area contributed by atoms with Crippen LogP contribution in [0.5, 0.6) is 0 Å². The maximum Gasteiger partial charge on any atom is 0.296 e. The Morgan fingerprint density at radius 2 is 1.97 bits per heavy atom. The molecule has 2 aromatic carbocycles. The number of likely N-dealkylation sites (N-methyl/N-ethyl adjacent to an activating group) is 1. The fraction of sp³-hybridized carbons (Fsp3) is 0.346. The molecule has 1 aliphatic heterocycles. The molecule has 0 unspecified atom stereocenters. The van der Waals surface area contributed by atoms with Crippen LogP contribution in [0.15, 0.2) is 42.5 Å². The van der Waals surface area contributed by atoms with Gasteiger partial charge in [0.1, 0.15) is 17.5 Å². The van der Waals surface area contributed by atoms with E-state index in [1.165, 1.54) is 31.1 Å². The van der Waals surface area contributed by atoms with Crippen LogP contribution in [-0.2, 0) is 21.1 Å². The van der Waals surface area contributed by atoms with Crippen molar-refractivity contribution in [3.63, 3.8) is 0 Å². The first-order valence-electron chi connectivity index (χ1n) is 11.1. The number of ether oxygens (including phenoxy) is 1. The number of amides is 1. The quantitative estimate of drug-likeness (QED) is 0.451. The number of rotatable bonds is 6. The van der Waals surface area contributed by atoms with Crippen molar-refractivity contribution in [2.45, 2.75) is 45.3 Å². The molecule has 3 aromatic rings. The molecule has 0 saturated heterocycles. The number of carbonyl (C=O) groups is 1. The molecule has 4 rings (SSSR count). The number of anilines is 2. The number of aryl methyl sites for hydroxylation is 1. The van der Waals surface area contributed by atoms with Crippen LogP contribution in [0, 0.1) is 12.7 Å². The Kier molecular flexibility index (Phi) is 5.87. The number of hydrogen-bond donors (Lipinski definition) is 1. The molecular formula is C26H27F3N4O2. The number of carbonyl (C=O) groups excluding carboxylic acids is 1. The van der Waals surface area contributed by atoms with E-state index in [0.717, 1.165) is 6.07 Å². The Labute approximate surface area is 201 Å². The van der Waals surface area contributed by atoms with E-state index < -0.39 is 34.5 Å². The number of nitrogens with zero attached hydrogens (tertiary/aromatic N) is 3. The SMILES string of the molecule is C=C(C)C(F)(F)c1cccc([C@@H](C)Nc2nc(C)nc3cc4c(cc23)N(C)C(=O)[C@]4(C)OC)c1F. The summed E-state index contributed by atoms with van der Waals surface area (Å²) in [6.45, 7) is 9.54. The molecule has 1 aliphatic rings. The fourth-order valence-corrected chi connectivity index (χ4v) is 4.43. The van der Waals surface area contributed by atoms with Gasteiger partial charge in [-0.2, -0.15) is 8.78 Å². The summed E-state index contributed by atoms with van der Waals surface area (Å²) in [6.07, 6.45) is 0. The van der Waals surface area contributed by atoms with Gasteiger partial charge in [-0.25, -0.2) is 14.4 Å². The van der Waals surface area contributed by atoms with Crippen molar-refractivity contribution < 1.29 is 22.7 Å². The summed E-state index contributed by atoms with van der Waals surface area (Å²) >= 11 is 0. The molecule has 6 nitrogen and oxygen atoms in total. The van der Waals surface area contributed by atoms with Gasteiger partial charge in [-0.05, 0) is 51.5 Å². The number of methoxy groups -OCH3 is 1. The number of aromatic nitrogens is 2. The lowest BCUT2D eigenvalue weighted by Gasteiger charge is -2.22. The highest BCUT2D eigenvalue weighted by atomic mass is 19.3. The van der Waals surface area contributed by atoms with E-state index >= 15 is 4.39 Å². The van der Waals surface area contributed by atoms with Crippen LogP contribution in [0.25, 0.3) is 10.9 Å². The predicted molar refractivity (Wildman–Crippen MR) is 129 cm³/mol. The van der Waals surface area contributed by atoms with Gasteiger partial charge in [-0.3, -0.25) is 4.79 Å². The van der Waals surface area contributed by atoms with E-state index in [2.05, 4.69) is 21.9 Å². The molecule has 0 bridgehead atoms. The normalized spacial score (nSPS) is 18.7. The largest absolute Gasteiger partial charge is 0.364 e. The summed E-state index contributed by atoms with van der Waals surface area (Å²) in [5.41, 5.74) is -0.356. The van der Waals surface area contributed by atoms with Gasteiger partial charge in [0, 0.05) is 30.7 Å². The van der Waals surface area contributed by atoms with Crippen molar-refractivity contribution in [1.82, 2.24) is 9.97 Å². The average Bonchev–Trinajstić information content (AvgIpc) is 2.98. The minimum absolute atomic E-state index is 0.0632. The summed E-state index contributed by atoms with van der Waals surface area (Å²) < 4.78 is 49.8. The third kappa shape index (κ3) is 3.74. The zero-order valence-electron chi connectivity index (χ0n) is 20.5. The van der Waals surface area contributed by atoms with Crippen molar-refractivity contribution in [2.75, 3.05) is 24.4 Å². The van der Waals surface area contributed by atoms with Gasteiger partial charge in [-0.1, -0.05) is 18.7 Å². The van der Waals surface area contributed by atoms with Gasteiger partial charge < -0.3 is 15.0 Å². The number of allylic oxidation sites excluding steroid dienone is 1. The van der Waals surface area contributed by atoms with Crippen LogP contribution in [0.2, 0.25) is 0 Å². The molecule has 0 aliphatic carbocycles. The topological polar surface area (TPSA) is 67.4 Å². The van der Waals surface area contributed by atoms with Crippen molar-refractivity contribution in [3.8, 4) is 0 Å². The molecule has 0 radical (unpaired) electrons. The number of nitrogens with one attached hydrogen (secondary N) is 1. The molecular weight excluding hydrogens is 457 g/mol.